The van der Waals surface area contributed by atoms with Crippen molar-refractivity contribution in [3.63, 3.8) is 0 Å². The molecular formula is C14H24. The minimum atomic E-state index is 0.849. The molecule has 0 nitrogen and oxygen atoms in total. The first kappa shape index (κ1) is 11.6. The Morgan fingerprint density at radius 3 is 2.36 bits per heavy atom. The maximum atomic E-state index is 2.40. The lowest BCUT2D eigenvalue weighted by atomic mass is 9.82. The molecule has 0 amide bonds. The maximum Gasteiger partial charge on any atom is -0.0165 e. The summed E-state index contributed by atoms with van der Waals surface area (Å²) in [4.78, 5) is 0. The van der Waals surface area contributed by atoms with Gasteiger partial charge in [-0.15, -0.1) is 0 Å². The largest absolute Gasteiger partial charge is 0.0696 e. The topological polar surface area (TPSA) is 0 Å². The highest BCUT2D eigenvalue weighted by atomic mass is 14.2. The Kier molecular flexibility index (Phi) is 5.00. The van der Waals surface area contributed by atoms with Crippen LogP contribution in [0.2, 0.25) is 0 Å². The molecule has 0 saturated carbocycles. The Labute approximate surface area is 89.1 Å². The van der Waals surface area contributed by atoms with Crippen LogP contribution in [0.5, 0.6) is 0 Å². The predicted octanol–water partition coefficient (Wildman–Crippen LogP) is 4.87. The third kappa shape index (κ3) is 3.01. The fourth-order valence-corrected chi connectivity index (χ4v) is 2.37. The highest BCUT2D eigenvalue weighted by Gasteiger charge is 2.16. The first-order valence-corrected chi connectivity index (χ1v) is 6.20. The summed E-state index contributed by atoms with van der Waals surface area (Å²) in [5.41, 5.74) is 3.36. The molecule has 14 heavy (non-hydrogen) atoms. The molecule has 0 aromatic carbocycles. The van der Waals surface area contributed by atoms with Crippen LogP contribution >= 0.6 is 0 Å². The Morgan fingerprint density at radius 1 is 1.07 bits per heavy atom. The van der Waals surface area contributed by atoms with Crippen LogP contribution in [0.1, 0.15) is 59.3 Å². The molecule has 0 spiro atoms. The summed E-state index contributed by atoms with van der Waals surface area (Å²) in [6.07, 6.45) is 12.6. The van der Waals surface area contributed by atoms with Crippen molar-refractivity contribution < 1.29 is 0 Å². The van der Waals surface area contributed by atoms with Crippen LogP contribution in [-0.2, 0) is 0 Å². The van der Waals surface area contributed by atoms with E-state index in [4.69, 9.17) is 0 Å². The Bertz CT molecular complexity index is 220. The lowest BCUT2D eigenvalue weighted by Crippen LogP contribution is -2.08. The summed E-state index contributed by atoms with van der Waals surface area (Å²) in [6.45, 7) is 6.87. The van der Waals surface area contributed by atoms with Crippen LogP contribution in [0, 0.1) is 5.92 Å². The van der Waals surface area contributed by atoms with Crippen molar-refractivity contribution in [3.05, 3.63) is 23.3 Å². The fraction of sp³-hybridized carbons (Fsp3) is 0.714. The molecule has 0 saturated heterocycles. The smallest absolute Gasteiger partial charge is 0.0165 e. The fourth-order valence-electron chi connectivity index (χ4n) is 2.37. The summed E-state index contributed by atoms with van der Waals surface area (Å²) in [5, 5.41) is 0. The van der Waals surface area contributed by atoms with Crippen molar-refractivity contribution in [2.75, 3.05) is 0 Å². The van der Waals surface area contributed by atoms with Gasteiger partial charge in [0, 0.05) is 0 Å². The van der Waals surface area contributed by atoms with Gasteiger partial charge >= 0.3 is 0 Å². The van der Waals surface area contributed by atoms with Crippen LogP contribution in [0.3, 0.4) is 0 Å². The molecule has 0 N–H and O–H groups in total. The summed E-state index contributed by atoms with van der Waals surface area (Å²) >= 11 is 0. The van der Waals surface area contributed by atoms with Crippen LogP contribution in [-0.4, -0.2) is 0 Å². The van der Waals surface area contributed by atoms with Gasteiger partial charge in [0.15, 0.2) is 0 Å². The summed E-state index contributed by atoms with van der Waals surface area (Å²) < 4.78 is 0. The Morgan fingerprint density at radius 2 is 1.79 bits per heavy atom. The van der Waals surface area contributed by atoms with Crippen LogP contribution < -0.4 is 0 Å². The van der Waals surface area contributed by atoms with Crippen molar-refractivity contribution in [3.8, 4) is 0 Å². The third-order valence-corrected chi connectivity index (χ3v) is 3.17. The van der Waals surface area contributed by atoms with E-state index in [1.54, 1.807) is 11.1 Å². The molecule has 80 valence electrons. The SMILES string of the molecule is CCCC1=CC=C(CCC)C(CC)C1. The first-order valence-electron chi connectivity index (χ1n) is 6.20. The highest BCUT2D eigenvalue weighted by Crippen LogP contribution is 2.32. The average Bonchev–Trinajstić information content (AvgIpc) is 2.21. The monoisotopic (exact) mass is 192 g/mol. The Hall–Kier alpha value is -0.520. The van der Waals surface area contributed by atoms with Gasteiger partial charge < -0.3 is 0 Å². The van der Waals surface area contributed by atoms with E-state index >= 15 is 0 Å². The summed E-state index contributed by atoms with van der Waals surface area (Å²) in [5.74, 6) is 0.849. The van der Waals surface area contributed by atoms with E-state index in [0.29, 0.717) is 0 Å². The molecule has 0 heteroatoms. The molecule has 1 aliphatic rings. The van der Waals surface area contributed by atoms with Gasteiger partial charge in [0.1, 0.15) is 0 Å². The van der Waals surface area contributed by atoms with Gasteiger partial charge in [-0.2, -0.15) is 0 Å². The molecule has 0 aromatic heterocycles. The number of hydrogen-bond acceptors (Lipinski definition) is 0. The second-order valence-corrected chi connectivity index (χ2v) is 4.38. The van der Waals surface area contributed by atoms with E-state index < -0.39 is 0 Å². The van der Waals surface area contributed by atoms with Gasteiger partial charge in [0.25, 0.3) is 0 Å². The summed E-state index contributed by atoms with van der Waals surface area (Å²) in [6, 6.07) is 0. The van der Waals surface area contributed by atoms with Gasteiger partial charge in [-0.05, 0) is 31.6 Å². The zero-order valence-corrected chi connectivity index (χ0v) is 9.97. The van der Waals surface area contributed by atoms with Gasteiger partial charge in [-0.1, -0.05) is 56.9 Å². The predicted molar refractivity (Wildman–Crippen MR) is 64.4 cm³/mol. The zero-order chi connectivity index (χ0) is 10.4. The normalized spacial score (nSPS) is 21.8. The van der Waals surface area contributed by atoms with Crippen molar-refractivity contribution in [1.82, 2.24) is 0 Å². The van der Waals surface area contributed by atoms with Crippen molar-refractivity contribution >= 4 is 0 Å². The van der Waals surface area contributed by atoms with Crippen LogP contribution in [0.4, 0.5) is 0 Å². The molecule has 1 aliphatic carbocycles. The van der Waals surface area contributed by atoms with E-state index in [-0.39, 0.29) is 0 Å². The molecule has 0 bridgehead atoms. The first-order chi connectivity index (χ1) is 6.81. The third-order valence-electron chi connectivity index (χ3n) is 3.17. The van der Waals surface area contributed by atoms with Gasteiger partial charge in [0.2, 0.25) is 0 Å². The number of hydrogen-bond donors (Lipinski definition) is 0. The second kappa shape index (κ2) is 6.06. The second-order valence-electron chi connectivity index (χ2n) is 4.38. The highest BCUT2D eigenvalue weighted by molar-refractivity contribution is 5.26. The van der Waals surface area contributed by atoms with Gasteiger partial charge in [0.05, 0.1) is 0 Å². The van der Waals surface area contributed by atoms with E-state index in [9.17, 15) is 0 Å². The molecule has 0 aliphatic heterocycles. The van der Waals surface area contributed by atoms with E-state index in [0.717, 1.165) is 5.92 Å². The van der Waals surface area contributed by atoms with Crippen molar-refractivity contribution in [1.29, 1.82) is 0 Å². The maximum absolute atomic E-state index is 2.40. The number of allylic oxidation sites excluding steroid dienone is 4. The van der Waals surface area contributed by atoms with E-state index in [1.165, 1.54) is 38.5 Å². The van der Waals surface area contributed by atoms with Gasteiger partial charge in [-0.3, -0.25) is 0 Å². The molecule has 1 atom stereocenters. The molecule has 1 unspecified atom stereocenters. The average molecular weight is 192 g/mol. The van der Waals surface area contributed by atoms with E-state index in [2.05, 4.69) is 32.9 Å². The van der Waals surface area contributed by atoms with Crippen LogP contribution in [0.25, 0.3) is 0 Å². The molecule has 0 fully saturated rings. The van der Waals surface area contributed by atoms with Gasteiger partial charge in [-0.25, -0.2) is 0 Å². The van der Waals surface area contributed by atoms with Crippen molar-refractivity contribution in [2.24, 2.45) is 5.92 Å². The molecule has 1 rings (SSSR count). The minimum Gasteiger partial charge on any atom is -0.0696 e. The number of rotatable bonds is 5. The molecular weight excluding hydrogens is 168 g/mol. The van der Waals surface area contributed by atoms with Crippen LogP contribution in [0.15, 0.2) is 23.3 Å². The quantitative estimate of drug-likeness (QED) is 0.583. The minimum absolute atomic E-state index is 0.849. The standard InChI is InChI=1S/C14H24/c1-4-7-12-9-10-14(8-5-2)13(6-3)11-12/h9-10,13H,4-8,11H2,1-3H3. The molecule has 0 heterocycles. The molecule has 0 radical (unpaired) electrons. The summed E-state index contributed by atoms with van der Waals surface area (Å²) in [7, 11) is 0. The zero-order valence-electron chi connectivity index (χ0n) is 9.97. The lowest BCUT2D eigenvalue weighted by Gasteiger charge is -2.23. The lowest BCUT2D eigenvalue weighted by molar-refractivity contribution is 0.541. The van der Waals surface area contributed by atoms with Crippen molar-refractivity contribution in [2.45, 2.75) is 59.3 Å². The Balaban J connectivity index is 2.63. The van der Waals surface area contributed by atoms with E-state index in [1.807, 2.05) is 0 Å². The molecule has 0 aromatic rings.